The van der Waals surface area contributed by atoms with Crippen molar-refractivity contribution in [3.05, 3.63) is 94.7 Å². The van der Waals surface area contributed by atoms with Gasteiger partial charge < -0.3 is 14.8 Å². The summed E-state index contributed by atoms with van der Waals surface area (Å²) in [5, 5.41) is 14.2. The standard InChI is InChI=1S/C26H21Br2N3O5S/c1-14-8-18(9-15(2)23(14)28)29-26-30-25(32)22(37-26)12-17-10-20(27)24(21(11-17)35-3)36-13-16-4-6-19(7-5-16)31(33)34/h4-12H,13H2,1-3H3,(H,29,30,32)/b22-12-. The first-order chi connectivity index (χ1) is 17.6. The van der Waals surface area contributed by atoms with E-state index in [0.29, 0.717) is 26.0 Å². The van der Waals surface area contributed by atoms with E-state index in [1.165, 1.54) is 31.0 Å². The Hall–Kier alpha value is -3.15. The number of nitro groups is 1. The summed E-state index contributed by atoms with van der Waals surface area (Å²) in [4.78, 5) is 28.1. The Morgan fingerprint density at radius 2 is 1.78 bits per heavy atom. The van der Waals surface area contributed by atoms with Gasteiger partial charge in [-0.15, -0.1) is 0 Å². The van der Waals surface area contributed by atoms with Crippen molar-refractivity contribution >= 4 is 72.1 Å². The zero-order valence-corrected chi connectivity index (χ0v) is 24.0. The number of nitro benzene ring substituents is 1. The van der Waals surface area contributed by atoms with Gasteiger partial charge in [0.25, 0.3) is 11.6 Å². The molecule has 1 fully saturated rings. The molecule has 3 aromatic carbocycles. The molecule has 3 aromatic rings. The van der Waals surface area contributed by atoms with E-state index in [1.54, 1.807) is 24.3 Å². The van der Waals surface area contributed by atoms with Crippen LogP contribution in [0.3, 0.4) is 0 Å². The van der Waals surface area contributed by atoms with Crippen LogP contribution in [0.15, 0.2) is 67.4 Å². The number of nitrogens with one attached hydrogen (secondary N) is 1. The summed E-state index contributed by atoms with van der Waals surface area (Å²) in [6.45, 7) is 4.19. The molecule has 11 heteroatoms. The van der Waals surface area contributed by atoms with E-state index in [-0.39, 0.29) is 18.2 Å². The Morgan fingerprint density at radius 3 is 2.41 bits per heavy atom. The molecular weight excluding hydrogens is 626 g/mol. The largest absolute Gasteiger partial charge is 0.493 e. The highest BCUT2D eigenvalue weighted by Crippen LogP contribution is 2.39. The minimum Gasteiger partial charge on any atom is -0.493 e. The predicted octanol–water partition coefficient (Wildman–Crippen LogP) is 7.22. The van der Waals surface area contributed by atoms with Gasteiger partial charge in [0.15, 0.2) is 16.7 Å². The predicted molar refractivity (Wildman–Crippen MR) is 153 cm³/mol. The molecule has 0 unspecified atom stereocenters. The Labute approximate surface area is 234 Å². The van der Waals surface area contributed by atoms with Crippen molar-refractivity contribution < 1.29 is 19.2 Å². The van der Waals surface area contributed by atoms with Crippen LogP contribution in [0.25, 0.3) is 6.08 Å². The minimum atomic E-state index is -0.447. The van der Waals surface area contributed by atoms with Crippen molar-refractivity contribution in [2.24, 2.45) is 4.99 Å². The van der Waals surface area contributed by atoms with Crippen LogP contribution < -0.4 is 14.8 Å². The maximum absolute atomic E-state index is 12.6. The molecule has 1 N–H and O–H groups in total. The Kier molecular flexibility index (Phi) is 8.35. The normalized spacial score (nSPS) is 15.2. The lowest BCUT2D eigenvalue weighted by molar-refractivity contribution is -0.384. The molecule has 0 radical (unpaired) electrons. The molecule has 0 saturated carbocycles. The van der Waals surface area contributed by atoms with Crippen LogP contribution in [0.4, 0.5) is 11.4 Å². The highest BCUT2D eigenvalue weighted by Gasteiger charge is 2.24. The molecule has 1 saturated heterocycles. The van der Waals surface area contributed by atoms with E-state index >= 15 is 0 Å². The highest BCUT2D eigenvalue weighted by atomic mass is 79.9. The van der Waals surface area contributed by atoms with Gasteiger partial charge in [-0.05, 0) is 106 Å². The van der Waals surface area contributed by atoms with E-state index in [1.807, 2.05) is 32.0 Å². The molecule has 0 aromatic heterocycles. The third-order valence-corrected chi connectivity index (χ3v) is 8.13. The molecule has 4 rings (SSSR count). The summed E-state index contributed by atoms with van der Waals surface area (Å²) in [7, 11) is 1.53. The molecule has 0 bridgehead atoms. The van der Waals surface area contributed by atoms with Gasteiger partial charge in [-0.3, -0.25) is 14.9 Å². The first-order valence-electron chi connectivity index (χ1n) is 10.9. The number of aliphatic imine (C=N–C) groups is 1. The third kappa shape index (κ3) is 6.41. The number of methoxy groups -OCH3 is 1. The molecule has 0 atom stereocenters. The van der Waals surface area contributed by atoms with Crippen LogP contribution in [-0.4, -0.2) is 23.1 Å². The number of nitrogens with zero attached hydrogens (tertiary/aromatic N) is 2. The summed E-state index contributed by atoms with van der Waals surface area (Å²) in [5.74, 6) is 0.721. The molecule has 1 amide bonds. The SMILES string of the molecule is COc1cc(/C=C2\SC(=Nc3cc(C)c(Br)c(C)c3)NC2=O)cc(Br)c1OCc1ccc([N+](=O)[O-])cc1. The molecule has 0 spiro atoms. The van der Waals surface area contributed by atoms with Crippen LogP contribution in [0.1, 0.15) is 22.3 Å². The van der Waals surface area contributed by atoms with Crippen molar-refractivity contribution in [3.8, 4) is 11.5 Å². The Bertz CT molecular complexity index is 1430. The van der Waals surface area contributed by atoms with Crippen molar-refractivity contribution in [1.82, 2.24) is 5.32 Å². The van der Waals surface area contributed by atoms with Gasteiger partial charge in [-0.25, -0.2) is 4.99 Å². The molecule has 1 aliphatic rings. The number of carbonyl (C=O) groups excluding carboxylic acids is 1. The number of rotatable bonds is 7. The lowest BCUT2D eigenvalue weighted by atomic mass is 10.1. The molecule has 190 valence electrons. The second kappa shape index (κ2) is 11.5. The maximum atomic E-state index is 12.6. The summed E-state index contributed by atoms with van der Waals surface area (Å²) >= 11 is 8.34. The smallest absolute Gasteiger partial charge is 0.269 e. The van der Waals surface area contributed by atoms with Gasteiger partial charge in [0, 0.05) is 16.6 Å². The first kappa shape index (κ1) is 26.9. The van der Waals surface area contributed by atoms with Crippen LogP contribution >= 0.6 is 43.6 Å². The number of amides is 1. The first-order valence-corrected chi connectivity index (χ1v) is 13.3. The van der Waals surface area contributed by atoms with Crippen molar-refractivity contribution in [3.63, 3.8) is 0 Å². The Balaban J connectivity index is 1.52. The summed E-state index contributed by atoms with van der Waals surface area (Å²) in [6, 6.07) is 13.7. The van der Waals surface area contributed by atoms with Gasteiger partial charge in [0.05, 0.1) is 27.1 Å². The number of aryl methyl sites for hydroxylation is 2. The number of amidine groups is 1. The van der Waals surface area contributed by atoms with Gasteiger partial charge in [0.1, 0.15) is 6.61 Å². The quantitative estimate of drug-likeness (QED) is 0.165. The molecule has 8 nitrogen and oxygen atoms in total. The third-order valence-electron chi connectivity index (χ3n) is 5.38. The molecule has 1 heterocycles. The number of thioether (sulfide) groups is 1. The van der Waals surface area contributed by atoms with E-state index in [4.69, 9.17) is 9.47 Å². The van der Waals surface area contributed by atoms with Gasteiger partial charge in [-0.2, -0.15) is 0 Å². The fraction of sp³-hybridized carbons (Fsp3) is 0.154. The summed E-state index contributed by atoms with van der Waals surface area (Å²) in [5.41, 5.74) is 4.42. The maximum Gasteiger partial charge on any atom is 0.269 e. The lowest BCUT2D eigenvalue weighted by Crippen LogP contribution is -2.19. The number of benzene rings is 3. The van der Waals surface area contributed by atoms with E-state index in [2.05, 4.69) is 42.2 Å². The zero-order valence-electron chi connectivity index (χ0n) is 20.0. The zero-order chi connectivity index (χ0) is 26.7. The number of hydrogen-bond donors (Lipinski definition) is 1. The van der Waals surface area contributed by atoms with Crippen LogP contribution in [-0.2, 0) is 11.4 Å². The number of hydrogen-bond acceptors (Lipinski definition) is 7. The minimum absolute atomic E-state index is 0.0176. The van der Waals surface area contributed by atoms with Gasteiger partial charge in [0.2, 0.25) is 0 Å². The Morgan fingerprint density at radius 1 is 1.11 bits per heavy atom. The van der Waals surface area contributed by atoms with Gasteiger partial charge >= 0.3 is 0 Å². The number of halogens is 2. The number of carbonyl (C=O) groups is 1. The average Bonchev–Trinajstić information content (AvgIpc) is 3.19. The number of non-ortho nitro benzene ring substituents is 1. The summed E-state index contributed by atoms with van der Waals surface area (Å²) in [6.07, 6.45) is 1.76. The van der Waals surface area contributed by atoms with Crippen LogP contribution in [0.5, 0.6) is 11.5 Å². The van der Waals surface area contributed by atoms with Crippen LogP contribution in [0.2, 0.25) is 0 Å². The van der Waals surface area contributed by atoms with E-state index in [9.17, 15) is 14.9 Å². The van der Waals surface area contributed by atoms with Crippen LogP contribution in [0, 0.1) is 24.0 Å². The highest BCUT2D eigenvalue weighted by molar-refractivity contribution is 9.10. The summed E-state index contributed by atoms with van der Waals surface area (Å²) < 4.78 is 13.1. The number of ether oxygens (including phenoxy) is 2. The van der Waals surface area contributed by atoms with Crippen molar-refractivity contribution in [1.29, 1.82) is 0 Å². The second-order valence-corrected chi connectivity index (χ2v) is 10.8. The van der Waals surface area contributed by atoms with E-state index in [0.717, 1.165) is 32.4 Å². The molecule has 0 aliphatic carbocycles. The fourth-order valence-corrected chi connectivity index (χ4v) is 5.21. The average molecular weight is 647 g/mol. The molecular formula is C26H21Br2N3O5S. The molecule has 37 heavy (non-hydrogen) atoms. The van der Waals surface area contributed by atoms with Crippen molar-refractivity contribution in [2.45, 2.75) is 20.5 Å². The second-order valence-electron chi connectivity index (χ2n) is 8.12. The van der Waals surface area contributed by atoms with Crippen molar-refractivity contribution in [2.75, 3.05) is 7.11 Å². The topological polar surface area (TPSA) is 103 Å². The fourth-order valence-electron chi connectivity index (χ4n) is 3.57. The monoisotopic (exact) mass is 645 g/mol. The lowest BCUT2D eigenvalue weighted by Gasteiger charge is -2.14. The van der Waals surface area contributed by atoms with E-state index < -0.39 is 4.92 Å². The molecule has 1 aliphatic heterocycles. The van der Waals surface area contributed by atoms with Gasteiger partial charge in [-0.1, -0.05) is 15.9 Å².